The molecule has 0 atom stereocenters. The van der Waals surface area contributed by atoms with Crippen molar-refractivity contribution in [2.24, 2.45) is 0 Å². The number of aromatic nitrogens is 4. The molecule has 2 aromatic heterocycles. The molecule has 0 aliphatic heterocycles. The molecule has 2 aromatic rings. The molecule has 102 valence electrons. The van der Waals surface area contributed by atoms with Gasteiger partial charge in [0.1, 0.15) is 0 Å². The van der Waals surface area contributed by atoms with Crippen molar-refractivity contribution in [3.63, 3.8) is 0 Å². The van der Waals surface area contributed by atoms with E-state index in [0.29, 0.717) is 6.04 Å². The Labute approximate surface area is 113 Å². The fourth-order valence-electron chi connectivity index (χ4n) is 2.80. The van der Waals surface area contributed by atoms with Gasteiger partial charge < -0.3 is 9.88 Å². The third-order valence-corrected chi connectivity index (χ3v) is 3.79. The van der Waals surface area contributed by atoms with Gasteiger partial charge >= 0.3 is 0 Å². The van der Waals surface area contributed by atoms with Gasteiger partial charge in [-0.3, -0.25) is 4.68 Å². The lowest BCUT2D eigenvalue weighted by Crippen LogP contribution is -2.13. The van der Waals surface area contributed by atoms with Crippen LogP contribution in [0.3, 0.4) is 0 Å². The fourth-order valence-corrected chi connectivity index (χ4v) is 2.80. The van der Waals surface area contributed by atoms with Crippen molar-refractivity contribution in [2.45, 2.75) is 44.7 Å². The molecular weight excluding hydrogens is 238 g/mol. The quantitative estimate of drug-likeness (QED) is 0.811. The molecule has 1 fully saturated rings. The summed E-state index contributed by atoms with van der Waals surface area (Å²) in [6, 6.07) is 2.61. The molecule has 2 heterocycles. The Kier molecular flexibility index (Phi) is 3.81. The van der Waals surface area contributed by atoms with Crippen LogP contribution in [-0.2, 0) is 6.54 Å². The lowest BCUT2D eigenvalue weighted by Gasteiger charge is -2.15. The van der Waals surface area contributed by atoms with Crippen LogP contribution in [0.15, 0.2) is 30.9 Å². The van der Waals surface area contributed by atoms with Gasteiger partial charge in [-0.05, 0) is 25.3 Å². The van der Waals surface area contributed by atoms with Crippen molar-refractivity contribution in [2.75, 3.05) is 11.9 Å². The number of nitrogens with one attached hydrogen (secondary N) is 1. The molecule has 0 radical (unpaired) electrons. The summed E-state index contributed by atoms with van der Waals surface area (Å²) in [6.07, 6.45) is 14.2. The van der Waals surface area contributed by atoms with Crippen LogP contribution >= 0.6 is 0 Å². The van der Waals surface area contributed by atoms with Crippen molar-refractivity contribution in [3.05, 3.63) is 30.9 Å². The van der Waals surface area contributed by atoms with Gasteiger partial charge in [-0.15, -0.1) is 0 Å². The largest absolute Gasteiger partial charge is 0.356 e. The maximum Gasteiger partial charge on any atom is 0.203 e. The summed E-state index contributed by atoms with van der Waals surface area (Å²) in [5, 5.41) is 7.64. The second-order valence-electron chi connectivity index (χ2n) is 5.15. The molecule has 0 spiro atoms. The van der Waals surface area contributed by atoms with Crippen LogP contribution in [0.4, 0.5) is 5.95 Å². The molecule has 1 aliphatic rings. The third kappa shape index (κ3) is 2.97. The Bertz CT molecular complexity index is 482. The van der Waals surface area contributed by atoms with Crippen molar-refractivity contribution in [1.82, 2.24) is 19.3 Å². The van der Waals surface area contributed by atoms with E-state index in [4.69, 9.17) is 0 Å². The topological polar surface area (TPSA) is 47.7 Å². The number of rotatable bonds is 6. The minimum Gasteiger partial charge on any atom is -0.356 e. The molecule has 19 heavy (non-hydrogen) atoms. The Morgan fingerprint density at radius 1 is 1.21 bits per heavy atom. The van der Waals surface area contributed by atoms with Crippen molar-refractivity contribution in [1.29, 1.82) is 0 Å². The molecular formula is C14H21N5. The van der Waals surface area contributed by atoms with E-state index < -0.39 is 0 Å². The predicted octanol–water partition coefficient (Wildman–Crippen LogP) is 2.70. The monoisotopic (exact) mass is 259 g/mol. The predicted molar refractivity (Wildman–Crippen MR) is 75.1 cm³/mol. The van der Waals surface area contributed by atoms with Crippen LogP contribution < -0.4 is 5.32 Å². The van der Waals surface area contributed by atoms with Crippen LogP contribution in [0.25, 0.3) is 0 Å². The molecule has 0 aromatic carbocycles. The summed E-state index contributed by atoms with van der Waals surface area (Å²) >= 11 is 0. The fraction of sp³-hybridized carbons (Fsp3) is 0.571. The van der Waals surface area contributed by atoms with E-state index in [1.807, 2.05) is 29.3 Å². The summed E-state index contributed by atoms with van der Waals surface area (Å²) < 4.78 is 4.27. The zero-order valence-corrected chi connectivity index (χ0v) is 11.2. The minimum atomic E-state index is 0.649. The highest BCUT2D eigenvalue weighted by atomic mass is 15.3. The first-order valence-corrected chi connectivity index (χ1v) is 7.17. The first kappa shape index (κ1) is 12.3. The Morgan fingerprint density at radius 2 is 2.11 bits per heavy atom. The maximum absolute atomic E-state index is 4.42. The molecule has 5 heteroatoms. The summed E-state index contributed by atoms with van der Waals surface area (Å²) in [5.41, 5.74) is 0. The minimum absolute atomic E-state index is 0.649. The van der Waals surface area contributed by atoms with E-state index in [2.05, 4.69) is 26.2 Å². The number of anilines is 1. The van der Waals surface area contributed by atoms with Crippen molar-refractivity contribution < 1.29 is 0 Å². The highest BCUT2D eigenvalue weighted by Crippen LogP contribution is 2.31. The van der Waals surface area contributed by atoms with Gasteiger partial charge in [0.2, 0.25) is 5.95 Å². The van der Waals surface area contributed by atoms with Gasteiger partial charge in [0.15, 0.2) is 0 Å². The second kappa shape index (κ2) is 5.91. The summed E-state index contributed by atoms with van der Waals surface area (Å²) in [6.45, 7) is 1.88. The lowest BCUT2D eigenvalue weighted by atomic mass is 10.2. The standard InChI is InChI=1S/C14H21N5/c1-2-6-13(5-1)19-12-9-16-14(19)15-7-3-10-18-11-4-8-17-18/h4,8-9,11-13H,1-3,5-7,10H2,(H,15,16). The van der Waals surface area contributed by atoms with Gasteiger partial charge in [-0.2, -0.15) is 5.10 Å². The van der Waals surface area contributed by atoms with Crippen molar-refractivity contribution in [3.8, 4) is 0 Å². The molecule has 1 aliphatic carbocycles. The zero-order valence-electron chi connectivity index (χ0n) is 11.2. The second-order valence-corrected chi connectivity index (χ2v) is 5.15. The molecule has 5 nitrogen and oxygen atoms in total. The normalized spacial score (nSPS) is 16.0. The molecule has 1 N–H and O–H groups in total. The van der Waals surface area contributed by atoms with Crippen LogP contribution in [0.1, 0.15) is 38.1 Å². The van der Waals surface area contributed by atoms with Gasteiger partial charge in [-0.1, -0.05) is 12.8 Å². The number of nitrogens with zero attached hydrogens (tertiary/aromatic N) is 4. The average molecular weight is 259 g/mol. The molecule has 1 saturated carbocycles. The van der Waals surface area contributed by atoms with E-state index in [-0.39, 0.29) is 0 Å². The Hall–Kier alpha value is -1.78. The smallest absolute Gasteiger partial charge is 0.203 e. The molecule has 0 amide bonds. The van der Waals surface area contributed by atoms with Gasteiger partial charge in [0, 0.05) is 43.9 Å². The molecule has 0 bridgehead atoms. The van der Waals surface area contributed by atoms with Gasteiger partial charge in [0.05, 0.1) is 0 Å². The van der Waals surface area contributed by atoms with Gasteiger partial charge in [0.25, 0.3) is 0 Å². The van der Waals surface area contributed by atoms with Crippen molar-refractivity contribution >= 4 is 5.95 Å². The lowest BCUT2D eigenvalue weighted by molar-refractivity contribution is 0.521. The number of imidazole rings is 1. The number of aryl methyl sites for hydroxylation is 1. The van der Waals surface area contributed by atoms with E-state index in [9.17, 15) is 0 Å². The average Bonchev–Trinajstić information content (AvgIpc) is 3.15. The molecule has 0 saturated heterocycles. The maximum atomic E-state index is 4.42. The van der Waals surface area contributed by atoms with Crippen LogP contribution in [0, 0.1) is 0 Å². The van der Waals surface area contributed by atoms with Gasteiger partial charge in [-0.25, -0.2) is 4.98 Å². The van der Waals surface area contributed by atoms with E-state index >= 15 is 0 Å². The number of hydrogen-bond donors (Lipinski definition) is 1. The van der Waals surface area contributed by atoms with Crippen LogP contribution in [-0.4, -0.2) is 25.9 Å². The summed E-state index contributed by atoms with van der Waals surface area (Å²) in [5.74, 6) is 1.02. The zero-order chi connectivity index (χ0) is 12.9. The highest BCUT2D eigenvalue weighted by Gasteiger charge is 2.18. The molecule has 0 unspecified atom stereocenters. The van der Waals surface area contributed by atoms with Crippen LogP contribution in [0.5, 0.6) is 0 Å². The van der Waals surface area contributed by atoms with E-state index in [1.54, 1.807) is 0 Å². The first-order chi connectivity index (χ1) is 9.43. The summed E-state index contributed by atoms with van der Waals surface area (Å²) in [7, 11) is 0. The SMILES string of the molecule is c1cnn(CCCNc2nccn2C2CCCC2)c1. The van der Waals surface area contributed by atoms with Crippen LogP contribution in [0.2, 0.25) is 0 Å². The van der Waals surface area contributed by atoms with E-state index in [1.165, 1.54) is 25.7 Å². The summed E-state index contributed by atoms with van der Waals surface area (Å²) in [4.78, 5) is 4.42. The third-order valence-electron chi connectivity index (χ3n) is 3.79. The Balaban J connectivity index is 1.48. The number of hydrogen-bond acceptors (Lipinski definition) is 3. The first-order valence-electron chi connectivity index (χ1n) is 7.17. The molecule has 3 rings (SSSR count). The highest BCUT2D eigenvalue weighted by molar-refractivity contribution is 5.26. The van der Waals surface area contributed by atoms with E-state index in [0.717, 1.165) is 25.5 Å². The Morgan fingerprint density at radius 3 is 2.89 bits per heavy atom.